The van der Waals surface area contributed by atoms with Crippen LogP contribution >= 0.6 is 0 Å². The van der Waals surface area contributed by atoms with Gasteiger partial charge in [-0.2, -0.15) is 0 Å². The van der Waals surface area contributed by atoms with Crippen LogP contribution in [0.1, 0.15) is 52.7 Å². The highest BCUT2D eigenvalue weighted by Gasteiger charge is 2.18. The van der Waals surface area contributed by atoms with E-state index >= 15 is 0 Å². The Bertz CT molecular complexity index is 456. The molecule has 0 aliphatic heterocycles. The molecular weight excluding hydrogens is 252 g/mol. The van der Waals surface area contributed by atoms with Crippen LogP contribution in [0.25, 0.3) is 0 Å². The van der Waals surface area contributed by atoms with Crippen LogP contribution in [0.3, 0.4) is 0 Å². The molecule has 3 heteroatoms. The van der Waals surface area contributed by atoms with E-state index in [1.54, 1.807) is 0 Å². The van der Waals surface area contributed by atoms with Crippen LogP contribution in [0.4, 0.5) is 0 Å². The maximum atomic E-state index is 11.7. The lowest BCUT2D eigenvalue weighted by Gasteiger charge is -2.22. The molecule has 0 fully saturated rings. The number of esters is 1. The second kappa shape index (κ2) is 6.78. The number of rotatable bonds is 5. The second-order valence-electron chi connectivity index (χ2n) is 6.22. The first kappa shape index (κ1) is 16.5. The van der Waals surface area contributed by atoms with Crippen molar-refractivity contribution >= 4 is 5.97 Å². The van der Waals surface area contributed by atoms with Gasteiger partial charge in [-0.1, -0.05) is 32.9 Å². The van der Waals surface area contributed by atoms with Crippen molar-refractivity contribution in [2.75, 3.05) is 6.61 Å². The molecule has 1 aromatic rings. The topological polar surface area (TPSA) is 35.5 Å². The zero-order valence-corrected chi connectivity index (χ0v) is 13.4. The highest BCUT2D eigenvalue weighted by molar-refractivity contribution is 5.73. The molecule has 0 N–H and O–H groups in total. The summed E-state index contributed by atoms with van der Waals surface area (Å²) in [5, 5.41) is 0. The minimum Gasteiger partial charge on any atom is -0.491 e. The Labute approximate surface area is 122 Å². The molecule has 0 radical (unpaired) electrons. The van der Waals surface area contributed by atoms with Crippen LogP contribution in [-0.4, -0.2) is 18.7 Å². The third kappa shape index (κ3) is 4.87. The van der Waals surface area contributed by atoms with Crippen LogP contribution in [0.2, 0.25) is 0 Å². The monoisotopic (exact) mass is 278 g/mol. The summed E-state index contributed by atoms with van der Waals surface area (Å²) in [6.45, 7) is 12.6. The second-order valence-corrected chi connectivity index (χ2v) is 6.22. The van der Waals surface area contributed by atoms with E-state index in [2.05, 4.69) is 32.9 Å². The van der Waals surface area contributed by atoms with Crippen LogP contribution in [0.5, 0.6) is 5.75 Å². The van der Waals surface area contributed by atoms with Crippen molar-refractivity contribution in [3.05, 3.63) is 29.3 Å². The Morgan fingerprint density at radius 1 is 1.25 bits per heavy atom. The van der Waals surface area contributed by atoms with Gasteiger partial charge in [0.05, 0.1) is 19.1 Å². The Hall–Kier alpha value is -1.51. The zero-order valence-electron chi connectivity index (χ0n) is 13.4. The summed E-state index contributed by atoms with van der Waals surface area (Å²) in [5.41, 5.74) is 2.12. The quantitative estimate of drug-likeness (QED) is 0.767. The van der Waals surface area contributed by atoms with Crippen LogP contribution < -0.4 is 4.74 Å². The summed E-state index contributed by atoms with van der Waals surface area (Å²) in [4.78, 5) is 11.7. The van der Waals surface area contributed by atoms with Crippen molar-refractivity contribution < 1.29 is 14.3 Å². The van der Waals surface area contributed by atoms with Crippen molar-refractivity contribution in [1.82, 2.24) is 0 Å². The fourth-order valence-corrected chi connectivity index (χ4v) is 1.92. The molecule has 0 bridgehead atoms. The van der Waals surface area contributed by atoms with Gasteiger partial charge in [-0.25, -0.2) is 0 Å². The summed E-state index contributed by atoms with van der Waals surface area (Å²) in [5.74, 6) is 0.549. The first-order valence-electron chi connectivity index (χ1n) is 7.19. The SMILES string of the molecule is CCOC(=O)Cc1cc(C(C)(C)C)ccc1OC(C)C. The molecular formula is C17H26O3. The van der Waals surface area contributed by atoms with Gasteiger partial charge in [-0.3, -0.25) is 4.79 Å². The third-order valence-electron chi connectivity index (χ3n) is 2.93. The van der Waals surface area contributed by atoms with Gasteiger partial charge in [0.15, 0.2) is 0 Å². The highest BCUT2D eigenvalue weighted by Crippen LogP contribution is 2.29. The average molecular weight is 278 g/mol. The molecule has 1 rings (SSSR count). The predicted molar refractivity (Wildman–Crippen MR) is 81.2 cm³/mol. The van der Waals surface area contributed by atoms with Gasteiger partial charge < -0.3 is 9.47 Å². The molecule has 20 heavy (non-hydrogen) atoms. The zero-order chi connectivity index (χ0) is 15.3. The standard InChI is InChI=1S/C17H26O3/c1-7-19-16(18)11-13-10-14(17(4,5)6)8-9-15(13)20-12(2)3/h8-10,12H,7,11H2,1-6H3. The van der Waals surface area contributed by atoms with E-state index in [0.29, 0.717) is 6.61 Å². The van der Waals surface area contributed by atoms with E-state index in [4.69, 9.17) is 9.47 Å². The first-order chi connectivity index (χ1) is 9.24. The number of carbonyl (C=O) groups excluding carboxylic acids is 1. The fraction of sp³-hybridized carbons (Fsp3) is 0.588. The van der Waals surface area contributed by atoms with Crippen LogP contribution in [0.15, 0.2) is 18.2 Å². The van der Waals surface area contributed by atoms with Crippen LogP contribution in [0, 0.1) is 0 Å². The van der Waals surface area contributed by atoms with E-state index in [-0.39, 0.29) is 23.9 Å². The molecule has 0 aliphatic carbocycles. The Balaban J connectivity index is 3.09. The molecule has 0 atom stereocenters. The molecule has 0 heterocycles. The van der Waals surface area contributed by atoms with Gasteiger partial charge in [0.1, 0.15) is 5.75 Å². The molecule has 0 amide bonds. The third-order valence-corrected chi connectivity index (χ3v) is 2.93. The molecule has 3 nitrogen and oxygen atoms in total. The number of benzene rings is 1. The normalized spacial score (nSPS) is 11.6. The lowest BCUT2D eigenvalue weighted by molar-refractivity contribution is -0.142. The first-order valence-corrected chi connectivity index (χ1v) is 7.19. The largest absolute Gasteiger partial charge is 0.491 e. The molecule has 0 aromatic heterocycles. The summed E-state index contributed by atoms with van der Waals surface area (Å²) in [6, 6.07) is 6.07. The fourth-order valence-electron chi connectivity index (χ4n) is 1.92. The van der Waals surface area contributed by atoms with Crippen molar-refractivity contribution in [2.45, 2.75) is 59.5 Å². The van der Waals surface area contributed by atoms with Gasteiger partial charge in [-0.15, -0.1) is 0 Å². The maximum Gasteiger partial charge on any atom is 0.310 e. The maximum absolute atomic E-state index is 11.7. The van der Waals surface area contributed by atoms with Crippen molar-refractivity contribution in [1.29, 1.82) is 0 Å². The summed E-state index contributed by atoms with van der Waals surface area (Å²) in [7, 11) is 0. The molecule has 0 aliphatic rings. The average Bonchev–Trinajstić information content (AvgIpc) is 2.29. The van der Waals surface area contributed by atoms with Crippen molar-refractivity contribution in [2.24, 2.45) is 0 Å². The Morgan fingerprint density at radius 3 is 2.40 bits per heavy atom. The highest BCUT2D eigenvalue weighted by atomic mass is 16.5. The number of hydrogen-bond acceptors (Lipinski definition) is 3. The summed E-state index contributed by atoms with van der Waals surface area (Å²) >= 11 is 0. The summed E-state index contributed by atoms with van der Waals surface area (Å²) < 4.78 is 10.8. The molecule has 0 saturated heterocycles. The Kier molecular flexibility index (Phi) is 5.61. The van der Waals surface area contributed by atoms with Gasteiger partial charge in [-0.05, 0) is 37.8 Å². The van der Waals surface area contributed by atoms with E-state index in [9.17, 15) is 4.79 Å². The smallest absolute Gasteiger partial charge is 0.310 e. The number of hydrogen-bond donors (Lipinski definition) is 0. The lowest BCUT2D eigenvalue weighted by atomic mass is 9.85. The minimum absolute atomic E-state index is 0.0414. The van der Waals surface area contributed by atoms with Crippen molar-refractivity contribution in [3.8, 4) is 5.75 Å². The van der Waals surface area contributed by atoms with E-state index in [1.807, 2.05) is 26.8 Å². The number of ether oxygens (including phenoxy) is 2. The van der Waals surface area contributed by atoms with Gasteiger partial charge in [0, 0.05) is 5.56 Å². The van der Waals surface area contributed by atoms with Crippen molar-refractivity contribution in [3.63, 3.8) is 0 Å². The van der Waals surface area contributed by atoms with E-state index < -0.39 is 0 Å². The minimum atomic E-state index is -0.216. The van der Waals surface area contributed by atoms with Gasteiger partial charge in [0.25, 0.3) is 0 Å². The molecule has 0 saturated carbocycles. The Morgan fingerprint density at radius 2 is 1.90 bits per heavy atom. The van der Waals surface area contributed by atoms with E-state index in [1.165, 1.54) is 5.56 Å². The molecule has 112 valence electrons. The predicted octanol–water partition coefficient (Wildman–Crippen LogP) is 3.88. The van der Waals surface area contributed by atoms with Crippen LogP contribution in [-0.2, 0) is 21.4 Å². The molecule has 1 aromatic carbocycles. The molecule has 0 spiro atoms. The van der Waals surface area contributed by atoms with Gasteiger partial charge in [0.2, 0.25) is 0 Å². The lowest BCUT2D eigenvalue weighted by Crippen LogP contribution is -2.15. The number of carbonyl (C=O) groups is 1. The van der Waals surface area contributed by atoms with E-state index in [0.717, 1.165) is 11.3 Å². The van der Waals surface area contributed by atoms with Gasteiger partial charge >= 0.3 is 5.97 Å². The summed E-state index contributed by atoms with van der Waals surface area (Å²) in [6.07, 6.45) is 0.330. The molecule has 0 unspecified atom stereocenters.